The van der Waals surface area contributed by atoms with Crippen molar-refractivity contribution in [2.24, 2.45) is 11.8 Å². The van der Waals surface area contributed by atoms with E-state index >= 15 is 0 Å². The lowest BCUT2D eigenvalue weighted by Gasteiger charge is -2.26. The van der Waals surface area contributed by atoms with Crippen molar-refractivity contribution >= 4 is 15.8 Å². The van der Waals surface area contributed by atoms with Gasteiger partial charge in [-0.3, -0.25) is 4.79 Å². The first-order valence-corrected chi connectivity index (χ1v) is 10.5. The number of sulfonamides is 1. The first kappa shape index (κ1) is 17.9. The van der Waals surface area contributed by atoms with Crippen LogP contribution < -0.4 is 0 Å². The smallest absolute Gasteiger partial charge is 0.211 e. The minimum atomic E-state index is -3.18. The van der Waals surface area contributed by atoms with Crippen molar-refractivity contribution in [2.45, 2.75) is 45.4 Å². The molecule has 6 heteroatoms. The van der Waals surface area contributed by atoms with Gasteiger partial charge in [0, 0.05) is 32.0 Å². The molecule has 2 fully saturated rings. The third-order valence-electron chi connectivity index (χ3n) is 5.07. The lowest BCUT2D eigenvalue weighted by molar-refractivity contribution is -0.123. The molecule has 0 radical (unpaired) electrons. The maximum absolute atomic E-state index is 12.6. The van der Waals surface area contributed by atoms with Crippen LogP contribution >= 0.6 is 0 Å². The number of piperidine rings is 1. The second-order valence-corrected chi connectivity index (χ2v) is 8.84. The average molecular weight is 330 g/mol. The Balaban J connectivity index is 1.90. The molecule has 0 aromatic carbocycles. The maximum atomic E-state index is 12.6. The van der Waals surface area contributed by atoms with Gasteiger partial charge in [-0.05, 0) is 38.3 Å². The fourth-order valence-corrected chi connectivity index (χ4v) is 4.66. The molecule has 0 spiro atoms. The molecular weight excluding hydrogens is 300 g/mol. The van der Waals surface area contributed by atoms with Crippen molar-refractivity contribution in [1.82, 2.24) is 9.21 Å². The summed E-state index contributed by atoms with van der Waals surface area (Å²) in [6.45, 7) is 6.05. The number of hydrogen-bond donors (Lipinski definition) is 0. The molecule has 0 amide bonds. The summed E-state index contributed by atoms with van der Waals surface area (Å²) in [5.74, 6) is 0.364. The van der Waals surface area contributed by atoms with Gasteiger partial charge in [-0.15, -0.1) is 0 Å². The van der Waals surface area contributed by atoms with Crippen LogP contribution in [0, 0.1) is 11.8 Å². The van der Waals surface area contributed by atoms with E-state index in [9.17, 15) is 13.2 Å². The molecule has 2 aliphatic heterocycles. The van der Waals surface area contributed by atoms with Crippen LogP contribution in [0.15, 0.2) is 0 Å². The summed E-state index contributed by atoms with van der Waals surface area (Å²) >= 11 is 0. The third-order valence-corrected chi connectivity index (χ3v) is 6.31. The number of nitrogens with zero attached hydrogens (tertiary/aromatic N) is 2. The van der Waals surface area contributed by atoms with E-state index in [1.54, 1.807) is 0 Å². The number of likely N-dealkylation sites (tertiary alicyclic amines) is 1. The Bertz CT molecular complexity index is 472. The normalized spacial score (nSPS) is 28.1. The van der Waals surface area contributed by atoms with Crippen LogP contribution in [0.5, 0.6) is 0 Å². The molecule has 22 heavy (non-hydrogen) atoms. The molecule has 2 saturated heterocycles. The minimum Gasteiger partial charge on any atom is -0.303 e. The summed E-state index contributed by atoms with van der Waals surface area (Å²) in [4.78, 5) is 15.0. The van der Waals surface area contributed by atoms with Gasteiger partial charge in [0.1, 0.15) is 5.78 Å². The van der Waals surface area contributed by atoms with Crippen molar-refractivity contribution < 1.29 is 13.2 Å². The molecule has 0 bridgehead atoms. The van der Waals surface area contributed by atoms with Crippen LogP contribution in [0.4, 0.5) is 0 Å². The molecule has 0 aromatic heterocycles. The molecule has 0 aliphatic carbocycles. The highest BCUT2D eigenvalue weighted by Gasteiger charge is 2.39. The van der Waals surface area contributed by atoms with Crippen LogP contribution in [0.25, 0.3) is 0 Å². The van der Waals surface area contributed by atoms with Crippen LogP contribution in [0.1, 0.15) is 45.4 Å². The lowest BCUT2D eigenvalue weighted by Crippen LogP contribution is -2.34. The molecule has 0 N–H and O–H groups in total. The van der Waals surface area contributed by atoms with E-state index in [1.165, 1.54) is 29.8 Å². The van der Waals surface area contributed by atoms with E-state index in [4.69, 9.17) is 0 Å². The first-order chi connectivity index (χ1) is 10.4. The zero-order chi connectivity index (χ0) is 16.2. The summed E-state index contributed by atoms with van der Waals surface area (Å²) < 4.78 is 25.0. The summed E-state index contributed by atoms with van der Waals surface area (Å²) in [5.41, 5.74) is 0. The third kappa shape index (κ3) is 4.77. The fourth-order valence-electron chi connectivity index (χ4n) is 3.77. The Morgan fingerprint density at radius 1 is 1.14 bits per heavy atom. The summed E-state index contributed by atoms with van der Waals surface area (Å²) in [7, 11) is -3.18. The van der Waals surface area contributed by atoms with Gasteiger partial charge < -0.3 is 4.90 Å². The molecule has 5 nitrogen and oxygen atoms in total. The Morgan fingerprint density at radius 3 is 2.41 bits per heavy atom. The number of carbonyl (C=O) groups excluding carboxylic acids is 1. The standard InChI is InChI=1S/C16H30N2O3S/c1-3-7-14-12-18(22(2,20)21)13-15(14)16(19)8-11-17-9-5-4-6-10-17/h14-15H,3-13H2,1-2H3/t14-,15?/m1/s1. The van der Waals surface area contributed by atoms with E-state index in [-0.39, 0.29) is 17.6 Å². The van der Waals surface area contributed by atoms with Gasteiger partial charge in [0.15, 0.2) is 0 Å². The maximum Gasteiger partial charge on any atom is 0.211 e. The number of ketones is 1. The molecule has 128 valence electrons. The van der Waals surface area contributed by atoms with Gasteiger partial charge in [0.25, 0.3) is 0 Å². The van der Waals surface area contributed by atoms with Crippen molar-refractivity contribution in [3.8, 4) is 0 Å². The summed E-state index contributed by atoms with van der Waals surface area (Å²) in [6, 6.07) is 0. The van der Waals surface area contributed by atoms with Gasteiger partial charge in [0.05, 0.1) is 6.26 Å². The summed E-state index contributed by atoms with van der Waals surface area (Å²) in [6.07, 6.45) is 7.52. The lowest BCUT2D eigenvalue weighted by atomic mass is 9.87. The van der Waals surface area contributed by atoms with Gasteiger partial charge in [-0.2, -0.15) is 0 Å². The fraction of sp³-hybridized carbons (Fsp3) is 0.938. The van der Waals surface area contributed by atoms with E-state index in [0.717, 1.165) is 32.5 Å². The van der Waals surface area contributed by atoms with Gasteiger partial charge in [-0.1, -0.05) is 19.8 Å². The number of rotatable bonds is 7. The molecule has 1 unspecified atom stereocenters. The molecule has 2 rings (SSSR count). The zero-order valence-corrected chi connectivity index (χ0v) is 14.8. The number of carbonyl (C=O) groups is 1. The Hall–Kier alpha value is -0.460. The average Bonchev–Trinajstić information content (AvgIpc) is 2.90. The van der Waals surface area contributed by atoms with E-state index in [1.807, 2.05) is 0 Å². The molecular formula is C16H30N2O3S. The van der Waals surface area contributed by atoms with Crippen LogP contribution in [0.2, 0.25) is 0 Å². The van der Waals surface area contributed by atoms with Gasteiger partial charge >= 0.3 is 0 Å². The number of hydrogen-bond acceptors (Lipinski definition) is 4. The molecule has 0 aromatic rings. The topological polar surface area (TPSA) is 57.7 Å². The first-order valence-electron chi connectivity index (χ1n) is 8.62. The van der Waals surface area contributed by atoms with Crippen LogP contribution in [0.3, 0.4) is 0 Å². The molecule has 2 aliphatic rings. The minimum absolute atomic E-state index is 0.0977. The van der Waals surface area contributed by atoms with E-state index in [0.29, 0.717) is 19.5 Å². The van der Waals surface area contributed by atoms with E-state index in [2.05, 4.69) is 11.8 Å². The van der Waals surface area contributed by atoms with Crippen molar-refractivity contribution in [3.05, 3.63) is 0 Å². The highest BCUT2D eigenvalue weighted by molar-refractivity contribution is 7.88. The van der Waals surface area contributed by atoms with Crippen LogP contribution in [-0.2, 0) is 14.8 Å². The van der Waals surface area contributed by atoms with Crippen molar-refractivity contribution in [2.75, 3.05) is 39.0 Å². The molecule has 0 saturated carbocycles. The van der Waals surface area contributed by atoms with E-state index < -0.39 is 10.0 Å². The second kappa shape index (κ2) is 7.88. The second-order valence-electron chi connectivity index (χ2n) is 6.85. The van der Waals surface area contributed by atoms with Gasteiger partial charge in [-0.25, -0.2) is 12.7 Å². The zero-order valence-electron chi connectivity index (χ0n) is 14.0. The largest absolute Gasteiger partial charge is 0.303 e. The van der Waals surface area contributed by atoms with Gasteiger partial charge in [0.2, 0.25) is 10.0 Å². The van der Waals surface area contributed by atoms with Crippen molar-refractivity contribution in [1.29, 1.82) is 0 Å². The quantitative estimate of drug-likeness (QED) is 0.713. The SMILES string of the molecule is CCC[C@@H]1CN(S(C)(=O)=O)CC1C(=O)CCN1CCCCC1. The Kier molecular flexibility index (Phi) is 6.41. The van der Waals surface area contributed by atoms with Crippen molar-refractivity contribution in [3.63, 3.8) is 0 Å². The molecule has 2 heterocycles. The summed E-state index contributed by atoms with van der Waals surface area (Å²) in [5, 5.41) is 0. The molecule has 2 atom stereocenters. The predicted molar refractivity (Wildman–Crippen MR) is 88.2 cm³/mol. The monoisotopic (exact) mass is 330 g/mol. The van der Waals surface area contributed by atoms with Crippen LogP contribution in [-0.4, -0.2) is 62.4 Å². The highest BCUT2D eigenvalue weighted by atomic mass is 32.2. The Morgan fingerprint density at radius 2 is 1.82 bits per heavy atom. The highest BCUT2D eigenvalue weighted by Crippen LogP contribution is 2.30. The predicted octanol–water partition coefficient (Wildman–Crippen LogP) is 1.74. The number of Topliss-reactive ketones (excluding diaryl/α,β-unsaturated/α-hetero) is 1. The Labute approximate surface area is 135 Å².